The molecule has 2 fully saturated rings. The average molecular weight is 420 g/mol. The highest BCUT2D eigenvalue weighted by molar-refractivity contribution is 7.93. The molecule has 29 heavy (non-hydrogen) atoms. The molecule has 1 heterocycles. The average Bonchev–Trinajstić information content (AvgIpc) is 3.39. The van der Waals surface area contributed by atoms with Gasteiger partial charge in [-0.15, -0.1) is 0 Å². The third-order valence-corrected chi connectivity index (χ3v) is 10.3. The molecule has 0 spiro atoms. The van der Waals surface area contributed by atoms with Gasteiger partial charge in [-0.2, -0.15) is 0 Å². The van der Waals surface area contributed by atoms with Crippen molar-refractivity contribution in [1.82, 2.24) is 0 Å². The van der Waals surface area contributed by atoms with Gasteiger partial charge in [-0.1, -0.05) is 31.7 Å². The Hall–Kier alpha value is -1.56. The van der Waals surface area contributed by atoms with Gasteiger partial charge in [0, 0.05) is 6.54 Å². The Morgan fingerprint density at radius 2 is 1.76 bits per heavy atom. The van der Waals surface area contributed by atoms with Crippen molar-refractivity contribution in [2.75, 3.05) is 18.1 Å². The fourth-order valence-electron chi connectivity index (χ4n) is 5.45. The molecule has 3 aliphatic rings. The molecule has 1 aromatic carbocycles. The van der Waals surface area contributed by atoms with Crippen LogP contribution in [-0.4, -0.2) is 32.7 Å². The number of hydrogen-bond acceptors (Lipinski definition) is 4. The molecule has 6 heteroatoms. The Morgan fingerprint density at radius 1 is 1.10 bits per heavy atom. The second kappa shape index (κ2) is 7.29. The zero-order chi connectivity index (χ0) is 20.9. The summed E-state index contributed by atoms with van der Waals surface area (Å²) >= 11 is 0. The molecule has 0 atom stereocenters. The van der Waals surface area contributed by atoms with E-state index in [0.717, 1.165) is 49.8 Å². The Kier molecular flexibility index (Phi) is 5.21. The molecule has 2 saturated carbocycles. The summed E-state index contributed by atoms with van der Waals surface area (Å²) in [6.07, 6.45) is 6.85. The molecule has 5 nitrogen and oxygen atoms in total. The molecule has 0 bridgehead atoms. The quantitative estimate of drug-likeness (QED) is 0.716. The fraction of sp³-hybridized carbons (Fsp3) is 0.696. The SMILES string of the molecule is CCN1C(=O)C(C)(C)COc2cc(C3(S(=O)(=O)C4CCCC4)CCCC3)ccc21. The van der Waals surface area contributed by atoms with Gasteiger partial charge in [0.05, 0.1) is 21.1 Å². The number of amides is 1. The van der Waals surface area contributed by atoms with Crippen LogP contribution >= 0.6 is 0 Å². The van der Waals surface area contributed by atoms with E-state index in [1.54, 1.807) is 4.90 Å². The molecule has 0 N–H and O–H groups in total. The van der Waals surface area contributed by atoms with E-state index in [1.165, 1.54) is 0 Å². The first-order valence-electron chi connectivity index (χ1n) is 11.1. The van der Waals surface area contributed by atoms with Crippen LogP contribution in [0.2, 0.25) is 0 Å². The molecule has 2 aliphatic carbocycles. The van der Waals surface area contributed by atoms with Gasteiger partial charge < -0.3 is 9.64 Å². The highest BCUT2D eigenvalue weighted by atomic mass is 32.2. The summed E-state index contributed by atoms with van der Waals surface area (Å²) in [5.74, 6) is 0.678. The van der Waals surface area contributed by atoms with Crippen LogP contribution in [-0.2, 0) is 19.4 Å². The van der Waals surface area contributed by atoms with Gasteiger partial charge in [-0.05, 0) is 64.2 Å². The van der Waals surface area contributed by atoms with Crippen LogP contribution < -0.4 is 9.64 Å². The normalized spacial score (nSPS) is 24.2. The first kappa shape index (κ1) is 20.7. The lowest BCUT2D eigenvalue weighted by molar-refractivity contribution is -0.127. The van der Waals surface area contributed by atoms with E-state index in [4.69, 9.17) is 4.74 Å². The maximum Gasteiger partial charge on any atom is 0.236 e. The monoisotopic (exact) mass is 419 g/mol. The van der Waals surface area contributed by atoms with E-state index in [2.05, 4.69) is 0 Å². The summed E-state index contributed by atoms with van der Waals surface area (Å²) in [6.45, 7) is 6.60. The van der Waals surface area contributed by atoms with Crippen LogP contribution in [0, 0.1) is 5.41 Å². The highest BCUT2D eigenvalue weighted by Crippen LogP contribution is 2.51. The molecular formula is C23H33NO4S. The van der Waals surface area contributed by atoms with Crippen LogP contribution in [0.25, 0.3) is 0 Å². The zero-order valence-electron chi connectivity index (χ0n) is 17.9. The molecule has 4 rings (SSSR count). The van der Waals surface area contributed by atoms with Crippen molar-refractivity contribution < 1.29 is 17.9 Å². The van der Waals surface area contributed by atoms with Crippen LogP contribution in [0.1, 0.15) is 77.7 Å². The summed E-state index contributed by atoms with van der Waals surface area (Å²) in [5.41, 5.74) is 0.984. The minimum absolute atomic E-state index is 0.0423. The van der Waals surface area contributed by atoms with Crippen molar-refractivity contribution >= 4 is 21.4 Å². The fourth-order valence-corrected chi connectivity index (χ4v) is 8.35. The molecule has 1 aliphatic heterocycles. The van der Waals surface area contributed by atoms with Crippen molar-refractivity contribution in [3.05, 3.63) is 23.8 Å². The Bertz CT molecular complexity index is 893. The summed E-state index contributed by atoms with van der Waals surface area (Å²) in [5, 5.41) is -0.215. The first-order valence-corrected chi connectivity index (χ1v) is 12.6. The predicted octanol–water partition coefficient (Wildman–Crippen LogP) is 4.58. The van der Waals surface area contributed by atoms with Gasteiger partial charge in [-0.25, -0.2) is 8.42 Å². The lowest BCUT2D eigenvalue weighted by Crippen LogP contribution is -2.42. The topological polar surface area (TPSA) is 63.7 Å². The second-order valence-corrected chi connectivity index (χ2v) is 12.1. The van der Waals surface area contributed by atoms with E-state index < -0.39 is 20.0 Å². The van der Waals surface area contributed by atoms with Crippen molar-refractivity contribution in [3.8, 4) is 5.75 Å². The zero-order valence-corrected chi connectivity index (χ0v) is 18.7. The van der Waals surface area contributed by atoms with Crippen LogP contribution in [0.3, 0.4) is 0 Å². The van der Waals surface area contributed by atoms with Crippen molar-refractivity contribution in [2.24, 2.45) is 5.41 Å². The molecule has 0 aromatic heterocycles. The lowest BCUT2D eigenvalue weighted by atomic mass is 9.93. The number of anilines is 1. The molecule has 0 unspecified atom stereocenters. The Balaban J connectivity index is 1.80. The maximum absolute atomic E-state index is 13.8. The smallest absolute Gasteiger partial charge is 0.236 e. The van der Waals surface area contributed by atoms with E-state index >= 15 is 0 Å². The number of carbonyl (C=O) groups is 1. The summed E-state index contributed by atoms with van der Waals surface area (Å²) in [7, 11) is -3.28. The number of nitrogens with zero attached hydrogens (tertiary/aromatic N) is 1. The molecule has 0 radical (unpaired) electrons. The molecule has 1 aromatic rings. The van der Waals surface area contributed by atoms with Gasteiger partial charge in [-0.3, -0.25) is 4.79 Å². The number of ether oxygens (including phenoxy) is 1. The summed E-state index contributed by atoms with van der Waals surface area (Å²) in [4.78, 5) is 14.7. The molecule has 0 saturated heterocycles. The lowest BCUT2D eigenvalue weighted by Gasteiger charge is -2.33. The van der Waals surface area contributed by atoms with Gasteiger partial charge in [0.1, 0.15) is 12.4 Å². The van der Waals surface area contributed by atoms with E-state index in [9.17, 15) is 13.2 Å². The maximum atomic E-state index is 13.8. The predicted molar refractivity (Wildman–Crippen MR) is 115 cm³/mol. The number of rotatable bonds is 4. The number of carbonyl (C=O) groups excluding carboxylic acids is 1. The van der Waals surface area contributed by atoms with E-state index in [-0.39, 0.29) is 11.2 Å². The third kappa shape index (κ3) is 3.18. The third-order valence-electron chi connectivity index (χ3n) is 7.20. The first-order chi connectivity index (χ1) is 13.7. The van der Waals surface area contributed by atoms with Crippen LogP contribution in [0.15, 0.2) is 18.2 Å². The Labute approximate surface area is 174 Å². The van der Waals surface area contributed by atoms with Crippen LogP contribution in [0.5, 0.6) is 5.75 Å². The summed E-state index contributed by atoms with van der Waals surface area (Å²) in [6, 6.07) is 5.76. The Morgan fingerprint density at radius 3 is 2.38 bits per heavy atom. The number of benzene rings is 1. The van der Waals surface area contributed by atoms with Gasteiger partial charge >= 0.3 is 0 Å². The van der Waals surface area contributed by atoms with E-state index in [0.29, 0.717) is 31.7 Å². The molecule has 160 valence electrons. The van der Waals surface area contributed by atoms with Crippen molar-refractivity contribution in [3.63, 3.8) is 0 Å². The highest BCUT2D eigenvalue weighted by Gasteiger charge is 2.51. The van der Waals surface area contributed by atoms with Gasteiger partial charge in [0.2, 0.25) is 5.91 Å². The number of fused-ring (bicyclic) bond motifs is 1. The van der Waals surface area contributed by atoms with Gasteiger partial charge in [0.25, 0.3) is 0 Å². The standard InChI is InChI=1S/C23H33NO4S/c1-4-24-19-12-11-17(15-20(19)28-16-22(2,3)21(24)25)23(13-7-8-14-23)29(26,27)18-9-5-6-10-18/h11-12,15,18H,4-10,13-14,16H2,1-3H3. The molecule has 1 amide bonds. The van der Waals surface area contributed by atoms with Crippen LogP contribution in [0.4, 0.5) is 5.69 Å². The minimum Gasteiger partial charge on any atom is -0.490 e. The van der Waals surface area contributed by atoms with E-state index in [1.807, 2.05) is 39.0 Å². The van der Waals surface area contributed by atoms with Crippen molar-refractivity contribution in [1.29, 1.82) is 0 Å². The van der Waals surface area contributed by atoms with Crippen molar-refractivity contribution in [2.45, 2.75) is 82.1 Å². The number of hydrogen-bond donors (Lipinski definition) is 0. The minimum atomic E-state index is -3.28. The summed E-state index contributed by atoms with van der Waals surface area (Å²) < 4.78 is 32.8. The largest absolute Gasteiger partial charge is 0.490 e. The van der Waals surface area contributed by atoms with Gasteiger partial charge in [0.15, 0.2) is 9.84 Å². The molecular weight excluding hydrogens is 386 g/mol. The number of sulfone groups is 1. The second-order valence-electron chi connectivity index (χ2n) is 9.56.